The van der Waals surface area contributed by atoms with Crippen molar-refractivity contribution in [1.29, 1.82) is 0 Å². The number of pyridine rings is 1. The summed E-state index contributed by atoms with van der Waals surface area (Å²) in [6, 6.07) is 9.73. The quantitative estimate of drug-likeness (QED) is 0.796. The lowest BCUT2D eigenvalue weighted by atomic mass is 9.99. The third-order valence-corrected chi connectivity index (χ3v) is 5.35. The average Bonchev–Trinajstić information content (AvgIpc) is 3.22. The number of alkyl halides is 3. The van der Waals surface area contributed by atoms with Crippen LogP contribution in [0.1, 0.15) is 12.0 Å². The summed E-state index contributed by atoms with van der Waals surface area (Å²) in [6.45, 7) is 1.68. The van der Waals surface area contributed by atoms with E-state index >= 15 is 0 Å². The highest BCUT2D eigenvalue weighted by Gasteiger charge is 2.35. The van der Waals surface area contributed by atoms with Gasteiger partial charge in [-0.05, 0) is 59.9 Å². The lowest BCUT2D eigenvalue weighted by Gasteiger charge is -2.40. The molecule has 4 rings (SSSR count). The molecule has 0 aliphatic carbocycles. The fraction of sp³-hybridized carbons (Fsp3) is 0.318. The number of ether oxygens (including phenoxy) is 1. The minimum Gasteiger partial charge on any atom is -0.406 e. The van der Waals surface area contributed by atoms with E-state index in [1.54, 1.807) is 24.5 Å². The molecule has 30 heavy (non-hydrogen) atoms. The molecule has 2 aromatic rings. The van der Waals surface area contributed by atoms with Crippen molar-refractivity contribution in [2.45, 2.75) is 18.9 Å². The van der Waals surface area contributed by atoms with E-state index in [0.29, 0.717) is 0 Å². The second kappa shape index (κ2) is 8.49. The summed E-state index contributed by atoms with van der Waals surface area (Å²) in [7, 11) is 0. The molecule has 5 nitrogen and oxygen atoms in total. The van der Waals surface area contributed by atoms with Gasteiger partial charge in [-0.1, -0.05) is 12.1 Å². The first-order valence-electron chi connectivity index (χ1n) is 9.72. The molecule has 158 valence electrons. The highest BCUT2D eigenvalue weighted by atomic mass is 19.4. The topological polar surface area (TPSA) is 48.8 Å². The molecule has 1 unspecified atom stereocenters. The fourth-order valence-corrected chi connectivity index (χ4v) is 3.99. The van der Waals surface area contributed by atoms with E-state index < -0.39 is 6.36 Å². The molecule has 0 spiro atoms. The predicted molar refractivity (Wildman–Crippen MR) is 108 cm³/mol. The lowest BCUT2D eigenvalue weighted by molar-refractivity contribution is -0.274. The molecule has 1 N–H and O–H groups in total. The molecule has 1 aromatic heterocycles. The third kappa shape index (κ3) is 4.49. The van der Waals surface area contributed by atoms with Crippen molar-refractivity contribution in [2.75, 3.05) is 24.6 Å². The average molecular weight is 417 g/mol. The van der Waals surface area contributed by atoms with Crippen molar-refractivity contribution < 1.29 is 23.0 Å². The second-order valence-corrected chi connectivity index (χ2v) is 7.36. The van der Waals surface area contributed by atoms with Crippen molar-refractivity contribution in [1.82, 2.24) is 9.88 Å². The van der Waals surface area contributed by atoms with Gasteiger partial charge in [0.15, 0.2) is 0 Å². The number of halogens is 3. The Bertz CT molecular complexity index is 913. The van der Waals surface area contributed by atoms with Crippen LogP contribution in [0.4, 0.5) is 18.9 Å². The maximum Gasteiger partial charge on any atom is 0.573 e. The number of allylic oxidation sites excluding steroid dienone is 2. The van der Waals surface area contributed by atoms with E-state index in [1.807, 2.05) is 35.4 Å². The molecular formula is C22H22F3N3O2. The van der Waals surface area contributed by atoms with Crippen molar-refractivity contribution in [3.63, 3.8) is 0 Å². The van der Waals surface area contributed by atoms with E-state index in [2.05, 4.69) is 14.6 Å². The zero-order valence-electron chi connectivity index (χ0n) is 16.2. The van der Waals surface area contributed by atoms with Gasteiger partial charge in [-0.25, -0.2) is 0 Å². The fourth-order valence-electron chi connectivity index (χ4n) is 3.99. The number of hydrogen-bond donors (Lipinski definition) is 1. The lowest BCUT2D eigenvalue weighted by Crippen LogP contribution is -2.47. The molecule has 1 aromatic carbocycles. The van der Waals surface area contributed by atoms with Gasteiger partial charge in [0.1, 0.15) is 11.9 Å². The van der Waals surface area contributed by atoms with Gasteiger partial charge in [-0.2, -0.15) is 0 Å². The van der Waals surface area contributed by atoms with Crippen LogP contribution in [0.15, 0.2) is 67.1 Å². The summed E-state index contributed by atoms with van der Waals surface area (Å²) in [5.74, 6) is -0.0520. The van der Waals surface area contributed by atoms with E-state index in [4.69, 9.17) is 0 Å². The zero-order chi connectivity index (χ0) is 21.1. The van der Waals surface area contributed by atoms with Gasteiger partial charge in [0, 0.05) is 44.0 Å². The smallest absolute Gasteiger partial charge is 0.406 e. The van der Waals surface area contributed by atoms with Crippen LogP contribution in [0.5, 0.6) is 5.75 Å². The molecule has 1 fully saturated rings. The number of aromatic nitrogens is 1. The molecule has 1 saturated heterocycles. The Morgan fingerprint density at radius 1 is 1.17 bits per heavy atom. The standard InChI is InChI=1S/C22H22F3N3O2/c23-22(24,25)30-19-7-5-18(6-8-19)28-11-2-4-20(17-3-1-10-26-13-17)21(28)27-12-9-16(14-27)15-29/h1-8,10-11,13,16,21,29H,9,12,14-15H2/t16?,21-/m1/s1. The van der Waals surface area contributed by atoms with Crippen LogP contribution in [0.3, 0.4) is 0 Å². The molecular weight excluding hydrogens is 395 g/mol. The molecule has 3 heterocycles. The summed E-state index contributed by atoms with van der Waals surface area (Å²) in [5, 5.41) is 9.59. The molecule has 2 atom stereocenters. The molecule has 8 heteroatoms. The first kappa shape index (κ1) is 20.4. The van der Waals surface area contributed by atoms with Crippen LogP contribution in [0.2, 0.25) is 0 Å². The largest absolute Gasteiger partial charge is 0.573 e. The van der Waals surface area contributed by atoms with E-state index in [1.165, 1.54) is 12.1 Å². The van der Waals surface area contributed by atoms with Gasteiger partial charge in [-0.15, -0.1) is 13.2 Å². The minimum absolute atomic E-state index is 0.133. The van der Waals surface area contributed by atoms with Crippen LogP contribution in [-0.4, -0.2) is 47.2 Å². The number of aliphatic hydroxyl groups is 1. The molecule has 0 radical (unpaired) electrons. The predicted octanol–water partition coefficient (Wildman–Crippen LogP) is 4.04. The van der Waals surface area contributed by atoms with Gasteiger partial charge < -0.3 is 14.7 Å². The second-order valence-electron chi connectivity index (χ2n) is 7.36. The van der Waals surface area contributed by atoms with Gasteiger partial charge in [0.05, 0.1) is 0 Å². The Morgan fingerprint density at radius 2 is 1.97 bits per heavy atom. The monoisotopic (exact) mass is 417 g/mol. The maximum atomic E-state index is 12.5. The first-order chi connectivity index (χ1) is 14.4. The molecule has 2 aliphatic rings. The number of benzene rings is 1. The Labute approximate surface area is 172 Å². The highest BCUT2D eigenvalue weighted by Crippen LogP contribution is 2.35. The Kier molecular flexibility index (Phi) is 5.78. The van der Waals surface area contributed by atoms with Gasteiger partial charge in [-0.3, -0.25) is 9.88 Å². The highest BCUT2D eigenvalue weighted by molar-refractivity contribution is 5.76. The van der Waals surface area contributed by atoms with E-state index in [9.17, 15) is 18.3 Å². The number of rotatable bonds is 5. The van der Waals surface area contributed by atoms with Gasteiger partial charge in [0.2, 0.25) is 0 Å². The number of hydrogen-bond acceptors (Lipinski definition) is 5. The summed E-state index contributed by atoms with van der Waals surface area (Å²) in [5.41, 5.74) is 2.76. The number of anilines is 1. The van der Waals surface area contributed by atoms with E-state index in [0.717, 1.165) is 36.3 Å². The summed E-state index contributed by atoms with van der Waals surface area (Å²) in [4.78, 5) is 8.54. The molecule has 0 saturated carbocycles. The molecule has 0 amide bonds. The summed E-state index contributed by atoms with van der Waals surface area (Å²) < 4.78 is 41.5. The Morgan fingerprint density at radius 3 is 2.60 bits per heavy atom. The molecule has 2 aliphatic heterocycles. The van der Waals surface area contributed by atoms with Crippen molar-refractivity contribution in [3.05, 3.63) is 72.7 Å². The summed E-state index contributed by atoms with van der Waals surface area (Å²) in [6.07, 6.45) is 5.39. The Hall–Kier alpha value is -2.84. The number of likely N-dealkylation sites (tertiary alicyclic amines) is 1. The zero-order valence-corrected chi connectivity index (χ0v) is 16.2. The van der Waals surface area contributed by atoms with Gasteiger partial charge >= 0.3 is 6.36 Å². The van der Waals surface area contributed by atoms with Gasteiger partial charge in [0.25, 0.3) is 0 Å². The van der Waals surface area contributed by atoms with Crippen LogP contribution >= 0.6 is 0 Å². The van der Waals surface area contributed by atoms with Crippen molar-refractivity contribution >= 4 is 11.3 Å². The van der Waals surface area contributed by atoms with Crippen LogP contribution in [-0.2, 0) is 0 Å². The van der Waals surface area contributed by atoms with E-state index in [-0.39, 0.29) is 24.4 Å². The Balaban J connectivity index is 1.66. The number of aliphatic hydroxyl groups excluding tert-OH is 1. The van der Waals surface area contributed by atoms with Crippen LogP contribution in [0, 0.1) is 5.92 Å². The minimum atomic E-state index is -4.72. The maximum absolute atomic E-state index is 12.5. The molecule has 0 bridgehead atoms. The summed E-state index contributed by atoms with van der Waals surface area (Å²) >= 11 is 0. The van der Waals surface area contributed by atoms with Crippen LogP contribution < -0.4 is 9.64 Å². The first-order valence-corrected chi connectivity index (χ1v) is 9.72. The van der Waals surface area contributed by atoms with Crippen molar-refractivity contribution in [3.8, 4) is 5.75 Å². The normalized spacial score (nSPS) is 22.3. The SMILES string of the molecule is OCC1CCN([C@H]2C(c3cccnc3)=CC=CN2c2ccc(OC(F)(F)F)cc2)C1. The number of nitrogens with zero attached hydrogens (tertiary/aromatic N) is 3. The third-order valence-electron chi connectivity index (χ3n) is 5.35. The van der Waals surface area contributed by atoms with Crippen LogP contribution in [0.25, 0.3) is 5.57 Å². The van der Waals surface area contributed by atoms with Crippen molar-refractivity contribution in [2.24, 2.45) is 5.92 Å².